The summed E-state index contributed by atoms with van der Waals surface area (Å²) in [5, 5.41) is 12.7. The van der Waals surface area contributed by atoms with E-state index in [1.165, 1.54) is 0 Å². The van der Waals surface area contributed by atoms with Gasteiger partial charge in [-0.1, -0.05) is 0 Å². The third-order valence-corrected chi connectivity index (χ3v) is 4.25. The van der Waals surface area contributed by atoms with Crippen LogP contribution in [0.2, 0.25) is 0 Å². The van der Waals surface area contributed by atoms with Gasteiger partial charge in [0.05, 0.1) is 23.3 Å². The van der Waals surface area contributed by atoms with Crippen LogP contribution in [0.5, 0.6) is 0 Å². The fraction of sp³-hybridized carbons (Fsp3) is 0.0476. The molecule has 3 N–H and O–H groups in total. The Balaban J connectivity index is 1.69. The van der Waals surface area contributed by atoms with Gasteiger partial charge in [-0.25, -0.2) is 14.4 Å². The molecule has 0 amide bonds. The third-order valence-electron chi connectivity index (χ3n) is 4.25. The molecule has 0 atom stereocenters. The number of aromatic nitrogens is 3. The summed E-state index contributed by atoms with van der Waals surface area (Å²) in [6, 6.07) is 16.0. The number of aryl methyl sites for hydroxylation is 1. The van der Waals surface area contributed by atoms with Crippen molar-refractivity contribution in [2.24, 2.45) is 0 Å². The second kappa shape index (κ2) is 6.93. The second-order valence-corrected chi connectivity index (χ2v) is 6.29. The third kappa shape index (κ3) is 3.31. The van der Waals surface area contributed by atoms with Crippen LogP contribution in [0.3, 0.4) is 0 Å². The van der Waals surface area contributed by atoms with Crippen molar-refractivity contribution in [3.05, 3.63) is 71.8 Å². The number of rotatable bonds is 3. The minimum atomic E-state index is -0.576. The molecule has 4 aromatic rings. The molecule has 0 unspecified atom stereocenters. The normalized spacial score (nSPS) is 10.6. The first-order valence-electron chi connectivity index (χ1n) is 8.50. The van der Waals surface area contributed by atoms with Crippen molar-refractivity contribution in [2.45, 2.75) is 6.92 Å². The lowest BCUT2D eigenvalue weighted by Crippen LogP contribution is -2.01. The van der Waals surface area contributed by atoms with Crippen molar-refractivity contribution in [1.29, 1.82) is 5.26 Å². The van der Waals surface area contributed by atoms with E-state index in [1.807, 2.05) is 13.0 Å². The number of halogens is 1. The minimum absolute atomic E-state index is 0.0485. The molecule has 6 nitrogen and oxygen atoms in total. The highest BCUT2D eigenvalue weighted by molar-refractivity contribution is 5.93. The van der Waals surface area contributed by atoms with E-state index in [9.17, 15) is 4.39 Å². The summed E-state index contributed by atoms with van der Waals surface area (Å²) in [7, 11) is 0. The van der Waals surface area contributed by atoms with Crippen LogP contribution in [0.1, 0.15) is 11.3 Å². The molecule has 28 heavy (non-hydrogen) atoms. The van der Waals surface area contributed by atoms with E-state index >= 15 is 0 Å². The molecule has 0 aliphatic rings. The Morgan fingerprint density at radius 1 is 1.07 bits per heavy atom. The molecule has 0 bridgehead atoms. The zero-order chi connectivity index (χ0) is 19.7. The summed E-state index contributed by atoms with van der Waals surface area (Å²) in [6.45, 7) is 1.88. The fourth-order valence-electron chi connectivity index (χ4n) is 2.89. The molecule has 0 saturated heterocycles. The largest absolute Gasteiger partial charge is 0.398 e. The predicted molar refractivity (Wildman–Crippen MR) is 106 cm³/mol. The number of hydrogen-bond acceptors (Lipinski definition) is 6. The number of nitriles is 1. The highest BCUT2D eigenvalue weighted by Crippen LogP contribution is 2.27. The molecule has 0 fully saturated rings. The summed E-state index contributed by atoms with van der Waals surface area (Å²) >= 11 is 0. The van der Waals surface area contributed by atoms with Gasteiger partial charge in [-0.3, -0.25) is 4.98 Å². The Bertz CT molecular complexity index is 1230. The monoisotopic (exact) mass is 370 g/mol. The van der Waals surface area contributed by atoms with Crippen molar-refractivity contribution < 1.29 is 4.39 Å². The number of nitrogens with zero attached hydrogens (tertiary/aromatic N) is 4. The second-order valence-electron chi connectivity index (χ2n) is 6.29. The highest BCUT2D eigenvalue weighted by atomic mass is 19.1. The van der Waals surface area contributed by atoms with Crippen LogP contribution >= 0.6 is 0 Å². The topological polar surface area (TPSA) is 101 Å². The predicted octanol–water partition coefficient (Wildman–Crippen LogP) is 4.34. The van der Waals surface area contributed by atoms with Gasteiger partial charge in [0.2, 0.25) is 0 Å². The minimum Gasteiger partial charge on any atom is -0.398 e. The van der Waals surface area contributed by atoms with Gasteiger partial charge in [-0.15, -0.1) is 0 Å². The van der Waals surface area contributed by atoms with Crippen LogP contribution in [0, 0.1) is 24.1 Å². The molecular weight excluding hydrogens is 355 g/mol. The van der Waals surface area contributed by atoms with Crippen LogP contribution in [0.15, 0.2) is 54.7 Å². The van der Waals surface area contributed by atoms with Crippen LogP contribution in [0.25, 0.3) is 22.3 Å². The molecule has 0 saturated carbocycles. The lowest BCUT2D eigenvalue weighted by atomic mass is 10.1. The Kier molecular flexibility index (Phi) is 4.30. The van der Waals surface area contributed by atoms with Gasteiger partial charge in [0.1, 0.15) is 0 Å². The van der Waals surface area contributed by atoms with Crippen molar-refractivity contribution in [3.63, 3.8) is 0 Å². The number of hydrogen-bond donors (Lipinski definition) is 2. The number of anilines is 3. The molecule has 136 valence electrons. The van der Waals surface area contributed by atoms with E-state index in [0.29, 0.717) is 28.3 Å². The highest BCUT2D eigenvalue weighted by Gasteiger charge is 2.10. The first-order valence-corrected chi connectivity index (χ1v) is 8.50. The van der Waals surface area contributed by atoms with E-state index in [2.05, 4.69) is 26.3 Å². The van der Waals surface area contributed by atoms with E-state index in [4.69, 9.17) is 11.0 Å². The van der Waals surface area contributed by atoms with E-state index in [0.717, 1.165) is 22.8 Å². The van der Waals surface area contributed by atoms with Crippen LogP contribution in [-0.4, -0.2) is 15.0 Å². The fourth-order valence-corrected chi connectivity index (χ4v) is 2.89. The quantitative estimate of drug-likeness (QED) is 0.556. The zero-order valence-electron chi connectivity index (χ0n) is 14.9. The van der Waals surface area contributed by atoms with Crippen LogP contribution < -0.4 is 11.1 Å². The zero-order valence-corrected chi connectivity index (χ0v) is 14.9. The van der Waals surface area contributed by atoms with Crippen molar-refractivity contribution in [1.82, 2.24) is 15.0 Å². The molecule has 0 aliphatic heterocycles. The molecule has 4 rings (SSSR count). The van der Waals surface area contributed by atoms with Crippen LogP contribution in [0.4, 0.5) is 21.6 Å². The van der Waals surface area contributed by atoms with Gasteiger partial charge >= 0.3 is 0 Å². The number of pyridine rings is 1. The van der Waals surface area contributed by atoms with Gasteiger partial charge in [0.25, 0.3) is 0 Å². The molecule has 0 radical (unpaired) electrons. The van der Waals surface area contributed by atoms with Gasteiger partial charge in [-0.05, 0) is 55.5 Å². The molecule has 2 aromatic heterocycles. The standard InChI is InChI=1S/C21H15FN6/c1-12-8-18(24)16-9-15(6-7-19(16)26-12)27-21-17(22)11-25-20(28-21)14-4-2-13(10-23)3-5-14/h2-9,11H,1H3,(H2,24,26)(H,25,27,28). The summed E-state index contributed by atoms with van der Waals surface area (Å²) in [5.74, 6) is -0.175. The number of nitrogen functional groups attached to an aromatic ring is 1. The van der Waals surface area contributed by atoms with E-state index in [-0.39, 0.29) is 5.82 Å². The average Bonchev–Trinajstić information content (AvgIpc) is 2.70. The summed E-state index contributed by atoms with van der Waals surface area (Å²) in [5.41, 5.74) is 10.1. The first kappa shape index (κ1) is 17.4. The molecule has 2 heterocycles. The van der Waals surface area contributed by atoms with Crippen molar-refractivity contribution in [3.8, 4) is 17.5 Å². The molecule has 2 aromatic carbocycles. The summed E-state index contributed by atoms with van der Waals surface area (Å²) < 4.78 is 14.3. The Hall–Kier alpha value is -4.05. The Labute approximate surface area is 160 Å². The van der Waals surface area contributed by atoms with E-state index < -0.39 is 5.82 Å². The lowest BCUT2D eigenvalue weighted by molar-refractivity contribution is 0.619. The smallest absolute Gasteiger partial charge is 0.184 e. The molecular formula is C21H15FN6. The maximum absolute atomic E-state index is 14.3. The van der Waals surface area contributed by atoms with Gasteiger partial charge < -0.3 is 11.1 Å². The molecule has 0 aliphatic carbocycles. The van der Waals surface area contributed by atoms with Gasteiger partial charge in [0, 0.05) is 28.0 Å². The number of nitrogens with two attached hydrogens (primary N) is 1. The summed E-state index contributed by atoms with van der Waals surface area (Å²) in [6.07, 6.45) is 1.11. The van der Waals surface area contributed by atoms with Gasteiger partial charge in [0.15, 0.2) is 17.5 Å². The SMILES string of the molecule is Cc1cc(N)c2cc(Nc3nc(-c4ccc(C#N)cc4)ncc3F)ccc2n1. The Morgan fingerprint density at radius 2 is 1.86 bits per heavy atom. The molecule has 0 spiro atoms. The van der Waals surface area contributed by atoms with Gasteiger partial charge in [-0.2, -0.15) is 5.26 Å². The van der Waals surface area contributed by atoms with E-state index in [1.54, 1.807) is 42.5 Å². The maximum atomic E-state index is 14.3. The number of benzene rings is 2. The first-order chi connectivity index (χ1) is 13.5. The molecule has 7 heteroatoms. The maximum Gasteiger partial charge on any atom is 0.184 e. The number of fused-ring (bicyclic) bond motifs is 1. The van der Waals surface area contributed by atoms with Crippen LogP contribution in [-0.2, 0) is 0 Å². The van der Waals surface area contributed by atoms with Crippen molar-refractivity contribution in [2.75, 3.05) is 11.1 Å². The van der Waals surface area contributed by atoms with Crippen molar-refractivity contribution >= 4 is 28.1 Å². The lowest BCUT2D eigenvalue weighted by Gasteiger charge is -2.10. The number of nitrogens with one attached hydrogen (secondary N) is 1. The summed E-state index contributed by atoms with van der Waals surface area (Å²) in [4.78, 5) is 12.8. The Morgan fingerprint density at radius 3 is 2.61 bits per heavy atom. The average molecular weight is 370 g/mol.